The van der Waals surface area contributed by atoms with Crippen molar-refractivity contribution in [3.05, 3.63) is 95.2 Å². The van der Waals surface area contributed by atoms with Gasteiger partial charge in [-0.15, -0.1) is 0 Å². The van der Waals surface area contributed by atoms with Crippen LogP contribution in [0.5, 0.6) is 0 Å². The second-order valence-electron chi connectivity index (χ2n) is 8.87. The first kappa shape index (κ1) is 28.9. The molecule has 0 aliphatic carbocycles. The van der Waals surface area contributed by atoms with Crippen LogP contribution < -0.4 is 10.0 Å². The second kappa shape index (κ2) is 12.4. The summed E-state index contributed by atoms with van der Waals surface area (Å²) in [5.41, 5.74) is -0.582. The van der Waals surface area contributed by atoms with Gasteiger partial charge in [-0.2, -0.15) is 0 Å². The number of nitrogens with one attached hydrogen (secondary N) is 2. The molecule has 0 atom stereocenters. The van der Waals surface area contributed by atoms with E-state index in [4.69, 9.17) is 14.9 Å². The fraction of sp³-hybridized carbons (Fsp3) is 0.222. The van der Waals surface area contributed by atoms with Crippen LogP contribution >= 0.6 is 0 Å². The lowest BCUT2D eigenvalue weighted by Gasteiger charge is -2.19. The molecule has 4 N–H and O–H groups in total. The van der Waals surface area contributed by atoms with Gasteiger partial charge in [-0.25, -0.2) is 31.4 Å². The zero-order chi connectivity index (χ0) is 28.9. The van der Waals surface area contributed by atoms with Crippen LogP contribution in [0.3, 0.4) is 0 Å². The summed E-state index contributed by atoms with van der Waals surface area (Å²) in [5.74, 6) is -4.01. The minimum atomic E-state index is -4.71. The Morgan fingerprint density at radius 1 is 1.15 bits per heavy atom. The van der Waals surface area contributed by atoms with Crippen molar-refractivity contribution in [2.24, 2.45) is 0 Å². The summed E-state index contributed by atoms with van der Waals surface area (Å²) in [4.78, 5) is 15.1. The summed E-state index contributed by atoms with van der Waals surface area (Å²) in [6, 6.07) is 8.67. The lowest BCUT2D eigenvalue weighted by Crippen LogP contribution is -2.85. The number of hydrogen-bond donors (Lipinski definition) is 3. The maximum absolute atomic E-state index is 15.7. The number of aromatic nitrogens is 1. The van der Waals surface area contributed by atoms with Crippen molar-refractivity contribution in [2.75, 3.05) is 25.0 Å². The van der Waals surface area contributed by atoms with Crippen molar-refractivity contribution in [1.29, 1.82) is 5.41 Å². The highest BCUT2D eigenvalue weighted by molar-refractivity contribution is 7.92. The maximum Gasteiger partial charge on any atom is 0.356 e. The van der Waals surface area contributed by atoms with Crippen molar-refractivity contribution in [3.8, 4) is 0 Å². The van der Waals surface area contributed by atoms with E-state index >= 15 is 4.39 Å². The Morgan fingerprint density at radius 3 is 2.62 bits per heavy atom. The molecule has 210 valence electrons. The monoisotopic (exact) mass is 575 g/mol. The summed E-state index contributed by atoms with van der Waals surface area (Å²) >= 11 is 0. The summed E-state index contributed by atoms with van der Waals surface area (Å²) in [7, 11) is -3.51. The average molecular weight is 576 g/mol. The van der Waals surface area contributed by atoms with Crippen molar-refractivity contribution in [2.45, 2.75) is 23.8 Å². The van der Waals surface area contributed by atoms with Gasteiger partial charge in [0.15, 0.2) is 5.82 Å². The smallest absolute Gasteiger partial charge is 0.356 e. The molecule has 0 unspecified atom stereocenters. The molecular formula is C27H26F3N4O5S+. The molecule has 1 saturated heterocycles. The van der Waals surface area contributed by atoms with Crippen molar-refractivity contribution >= 4 is 33.0 Å². The van der Waals surface area contributed by atoms with Crippen LogP contribution in [0, 0.1) is 22.9 Å². The number of pyridine rings is 1. The molecule has 0 amide bonds. The number of allylic oxidation sites excluding steroid dienone is 1. The fourth-order valence-electron chi connectivity index (χ4n) is 4.11. The molecule has 40 heavy (non-hydrogen) atoms. The highest BCUT2D eigenvalue weighted by atomic mass is 32.2. The molecule has 13 heteroatoms. The number of nitrogens with two attached hydrogens (primary N) is 1. The van der Waals surface area contributed by atoms with Crippen molar-refractivity contribution in [1.82, 2.24) is 4.98 Å². The predicted molar refractivity (Wildman–Crippen MR) is 140 cm³/mol. The SMILES string of the molecule is COC(=O)c1cc(/C(=C/[NH2+]C2CCOCC2)C(=N)c2cccc(NS(=O)(=O)c3cc(F)ccc3F)c2F)ccn1. The minimum Gasteiger partial charge on any atom is -0.464 e. The van der Waals surface area contributed by atoms with Crippen LogP contribution in [0.25, 0.3) is 5.57 Å². The molecule has 2 heterocycles. The summed E-state index contributed by atoms with van der Waals surface area (Å²) < 4.78 is 81.0. The highest BCUT2D eigenvalue weighted by Crippen LogP contribution is 2.27. The normalized spacial score (nSPS) is 14.6. The van der Waals surface area contributed by atoms with Gasteiger partial charge in [0.25, 0.3) is 10.0 Å². The molecule has 1 aliphatic rings. The molecular weight excluding hydrogens is 549 g/mol. The first-order chi connectivity index (χ1) is 19.1. The van der Waals surface area contributed by atoms with Crippen LogP contribution in [0.15, 0.2) is 65.8 Å². The maximum atomic E-state index is 15.7. The number of quaternary nitrogens is 1. The quantitative estimate of drug-likeness (QED) is 0.265. The van der Waals surface area contributed by atoms with Crippen LogP contribution in [0.2, 0.25) is 0 Å². The number of anilines is 1. The third-order valence-electron chi connectivity index (χ3n) is 6.23. The number of rotatable bonds is 9. The Bertz CT molecular complexity index is 1570. The van der Waals surface area contributed by atoms with Gasteiger partial charge < -0.3 is 14.8 Å². The van der Waals surface area contributed by atoms with Gasteiger partial charge in [0.2, 0.25) is 0 Å². The first-order valence-electron chi connectivity index (χ1n) is 12.1. The number of hydrogen-bond acceptors (Lipinski definition) is 7. The van der Waals surface area contributed by atoms with Crippen molar-refractivity contribution in [3.63, 3.8) is 0 Å². The van der Waals surface area contributed by atoms with Crippen LogP contribution in [-0.4, -0.2) is 51.4 Å². The predicted octanol–water partition coefficient (Wildman–Crippen LogP) is 3.24. The summed E-state index contributed by atoms with van der Waals surface area (Å²) in [6.45, 7) is 1.15. The van der Waals surface area contributed by atoms with Gasteiger partial charge in [-0.05, 0) is 48.0 Å². The molecule has 0 spiro atoms. The van der Waals surface area contributed by atoms with Gasteiger partial charge >= 0.3 is 5.97 Å². The molecule has 3 aromatic rings. The van der Waals surface area contributed by atoms with E-state index in [1.54, 1.807) is 12.3 Å². The number of methoxy groups -OCH3 is 1. The Kier molecular flexibility index (Phi) is 8.97. The average Bonchev–Trinajstić information content (AvgIpc) is 2.95. The topological polar surface area (TPSA) is 135 Å². The molecule has 9 nitrogen and oxygen atoms in total. The molecule has 1 aliphatic heterocycles. The Morgan fingerprint density at radius 2 is 1.90 bits per heavy atom. The molecule has 0 saturated carbocycles. The van der Waals surface area contributed by atoms with E-state index in [-0.39, 0.29) is 28.6 Å². The highest BCUT2D eigenvalue weighted by Gasteiger charge is 2.25. The number of halogens is 3. The third-order valence-corrected chi connectivity index (χ3v) is 7.61. The van der Waals surface area contributed by atoms with Crippen LogP contribution in [0.1, 0.15) is 34.5 Å². The first-order valence-corrected chi connectivity index (χ1v) is 13.6. The largest absolute Gasteiger partial charge is 0.464 e. The number of esters is 1. The van der Waals surface area contributed by atoms with E-state index in [1.807, 2.05) is 10.0 Å². The van der Waals surface area contributed by atoms with E-state index < -0.39 is 44.0 Å². The van der Waals surface area contributed by atoms with E-state index in [0.717, 1.165) is 25.0 Å². The fourth-order valence-corrected chi connectivity index (χ4v) is 5.26. The zero-order valence-corrected chi connectivity index (χ0v) is 22.1. The van der Waals surface area contributed by atoms with Gasteiger partial charge in [0.1, 0.15) is 28.4 Å². The third kappa shape index (κ3) is 6.55. The number of sulfonamides is 1. The van der Waals surface area contributed by atoms with E-state index in [0.29, 0.717) is 30.9 Å². The Hall–Kier alpha value is -4.07. The number of ether oxygens (including phenoxy) is 2. The van der Waals surface area contributed by atoms with Gasteiger partial charge in [0.05, 0.1) is 43.3 Å². The van der Waals surface area contributed by atoms with Gasteiger partial charge in [-0.1, -0.05) is 6.07 Å². The Labute approximate surface area is 228 Å². The summed E-state index contributed by atoms with van der Waals surface area (Å²) in [6.07, 6.45) is 4.50. The van der Waals surface area contributed by atoms with Crippen LogP contribution in [-0.2, 0) is 19.5 Å². The summed E-state index contributed by atoms with van der Waals surface area (Å²) in [5, 5.41) is 10.8. The lowest BCUT2D eigenvalue weighted by atomic mass is 9.95. The number of carbonyl (C=O) groups excluding carboxylic acids is 1. The number of carbonyl (C=O) groups is 1. The lowest BCUT2D eigenvalue weighted by molar-refractivity contribution is -0.630. The number of nitrogens with zero attached hydrogens (tertiary/aromatic N) is 1. The van der Waals surface area contributed by atoms with Crippen LogP contribution in [0.4, 0.5) is 18.9 Å². The zero-order valence-electron chi connectivity index (χ0n) is 21.3. The van der Waals surface area contributed by atoms with E-state index in [2.05, 4.69) is 4.98 Å². The van der Waals surface area contributed by atoms with Gasteiger partial charge in [0, 0.05) is 24.6 Å². The van der Waals surface area contributed by atoms with Crippen molar-refractivity contribution < 1.29 is 41.2 Å². The van der Waals surface area contributed by atoms with Gasteiger partial charge in [-0.3, -0.25) is 10.1 Å². The second-order valence-corrected chi connectivity index (χ2v) is 10.5. The molecule has 0 radical (unpaired) electrons. The van der Waals surface area contributed by atoms with E-state index in [1.165, 1.54) is 31.5 Å². The molecule has 1 aromatic heterocycles. The standard InChI is InChI=1S/C27H25F3N4O5S/c1-38-27(35)23-13-16(7-10-32-23)20(15-33-18-8-11-39-12-9-18)26(31)19-3-2-4-22(25(19)30)34-40(36,37)24-14-17(28)5-6-21(24)29/h2-7,10,13-15,18,31,33-34H,8-9,11-12H2,1H3/p+1/b20-15-,31-26?. The molecule has 1 fully saturated rings. The minimum absolute atomic E-state index is 0.0242. The molecule has 4 rings (SSSR count). The Balaban J connectivity index is 1.72. The number of benzene rings is 2. The van der Waals surface area contributed by atoms with E-state index in [9.17, 15) is 22.0 Å². The molecule has 2 aromatic carbocycles. The molecule has 0 bridgehead atoms.